The minimum Gasteiger partial charge on any atom is -0.336 e. The van der Waals surface area contributed by atoms with E-state index in [1.807, 2.05) is 11.6 Å². The van der Waals surface area contributed by atoms with Gasteiger partial charge in [0.05, 0.1) is 24.6 Å². The summed E-state index contributed by atoms with van der Waals surface area (Å²) in [5.41, 5.74) is 6.65. The SMILES string of the molecule is C#CCNC(CN)c1cncn1C. The zero-order chi connectivity index (χ0) is 9.68. The molecule has 0 fully saturated rings. The summed E-state index contributed by atoms with van der Waals surface area (Å²) in [5.74, 6) is 2.52. The second kappa shape index (κ2) is 4.65. The van der Waals surface area contributed by atoms with Crippen LogP contribution in [0.25, 0.3) is 0 Å². The Bertz CT molecular complexity index is 297. The molecule has 13 heavy (non-hydrogen) atoms. The minimum atomic E-state index is 0.0866. The average molecular weight is 178 g/mol. The van der Waals surface area contributed by atoms with E-state index >= 15 is 0 Å². The number of imidazole rings is 1. The van der Waals surface area contributed by atoms with Crippen molar-refractivity contribution in [1.29, 1.82) is 0 Å². The van der Waals surface area contributed by atoms with Gasteiger partial charge in [-0.05, 0) is 0 Å². The van der Waals surface area contributed by atoms with Crippen LogP contribution in [0.2, 0.25) is 0 Å². The van der Waals surface area contributed by atoms with Gasteiger partial charge < -0.3 is 10.3 Å². The second-order valence-electron chi connectivity index (χ2n) is 2.80. The summed E-state index contributed by atoms with van der Waals surface area (Å²) in [7, 11) is 1.93. The lowest BCUT2D eigenvalue weighted by Gasteiger charge is -2.15. The number of hydrogen-bond acceptors (Lipinski definition) is 3. The van der Waals surface area contributed by atoms with Crippen molar-refractivity contribution in [3.8, 4) is 12.3 Å². The van der Waals surface area contributed by atoms with Crippen LogP contribution in [0.3, 0.4) is 0 Å². The van der Waals surface area contributed by atoms with Crippen LogP contribution in [0, 0.1) is 12.3 Å². The summed E-state index contributed by atoms with van der Waals surface area (Å²) < 4.78 is 1.93. The molecule has 1 aromatic rings. The van der Waals surface area contributed by atoms with Crippen LogP contribution in [-0.2, 0) is 7.05 Å². The molecule has 1 unspecified atom stereocenters. The second-order valence-corrected chi connectivity index (χ2v) is 2.80. The maximum Gasteiger partial charge on any atom is 0.0946 e. The van der Waals surface area contributed by atoms with E-state index in [-0.39, 0.29) is 6.04 Å². The maximum absolute atomic E-state index is 5.60. The summed E-state index contributed by atoms with van der Waals surface area (Å²) in [4.78, 5) is 4.01. The number of hydrogen-bond donors (Lipinski definition) is 2. The molecule has 3 N–H and O–H groups in total. The zero-order valence-electron chi connectivity index (χ0n) is 7.70. The largest absolute Gasteiger partial charge is 0.336 e. The highest BCUT2D eigenvalue weighted by molar-refractivity contribution is 5.06. The molecule has 0 aliphatic heterocycles. The third-order valence-electron chi connectivity index (χ3n) is 1.90. The maximum atomic E-state index is 5.60. The standard InChI is InChI=1S/C9H14N4/c1-3-4-12-8(5-10)9-6-11-7-13(9)2/h1,6-8,12H,4-5,10H2,2H3. The van der Waals surface area contributed by atoms with Crippen molar-refractivity contribution in [3.63, 3.8) is 0 Å². The molecule has 0 bridgehead atoms. The van der Waals surface area contributed by atoms with Gasteiger partial charge >= 0.3 is 0 Å². The number of aryl methyl sites for hydroxylation is 1. The number of nitrogens with one attached hydrogen (secondary N) is 1. The lowest BCUT2D eigenvalue weighted by atomic mass is 10.2. The van der Waals surface area contributed by atoms with Crippen LogP contribution in [0.15, 0.2) is 12.5 Å². The van der Waals surface area contributed by atoms with Crippen molar-refractivity contribution in [3.05, 3.63) is 18.2 Å². The fraction of sp³-hybridized carbons (Fsp3) is 0.444. The molecule has 1 heterocycles. The lowest BCUT2D eigenvalue weighted by molar-refractivity contribution is 0.548. The molecule has 4 nitrogen and oxygen atoms in total. The summed E-state index contributed by atoms with van der Waals surface area (Å²) in [6.45, 7) is 1.04. The molecule has 1 aromatic heterocycles. The first kappa shape index (κ1) is 9.78. The van der Waals surface area contributed by atoms with Gasteiger partial charge in [-0.3, -0.25) is 5.32 Å². The molecule has 0 spiro atoms. The number of aromatic nitrogens is 2. The number of nitrogens with zero attached hydrogens (tertiary/aromatic N) is 2. The van der Waals surface area contributed by atoms with Crippen molar-refractivity contribution in [2.75, 3.05) is 13.1 Å². The van der Waals surface area contributed by atoms with Crippen LogP contribution in [0.4, 0.5) is 0 Å². The summed E-state index contributed by atoms with van der Waals surface area (Å²) in [6.07, 6.45) is 8.69. The Kier molecular flexibility index (Phi) is 3.50. The Morgan fingerprint density at radius 1 is 1.85 bits per heavy atom. The minimum absolute atomic E-state index is 0.0866. The molecule has 0 saturated heterocycles. The van der Waals surface area contributed by atoms with Crippen LogP contribution in [0.1, 0.15) is 11.7 Å². The van der Waals surface area contributed by atoms with Crippen LogP contribution in [0.5, 0.6) is 0 Å². The van der Waals surface area contributed by atoms with Crippen LogP contribution >= 0.6 is 0 Å². The van der Waals surface area contributed by atoms with E-state index in [1.54, 1.807) is 12.5 Å². The van der Waals surface area contributed by atoms with E-state index in [2.05, 4.69) is 16.2 Å². The Labute approximate surface area is 78.1 Å². The molecule has 1 atom stereocenters. The monoisotopic (exact) mass is 178 g/mol. The van der Waals surface area contributed by atoms with Crippen molar-refractivity contribution >= 4 is 0 Å². The Morgan fingerprint density at radius 2 is 2.62 bits per heavy atom. The summed E-state index contributed by atoms with van der Waals surface area (Å²) >= 11 is 0. The molecule has 0 amide bonds. The highest BCUT2D eigenvalue weighted by Gasteiger charge is 2.10. The molecule has 0 aliphatic rings. The van der Waals surface area contributed by atoms with E-state index in [1.165, 1.54) is 0 Å². The van der Waals surface area contributed by atoms with E-state index < -0.39 is 0 Å². The topological polar surface area (TPSA) is 55.9 Å². The molecular weight excluding hydrogens is 164 g/mol. The van der Waals surface area contributed by atoms with Crippen LogP contribution < -0.4 is 11.1 Å². The van der Waals surface area contributed by atoms with Gasteiger partial charge in [-0.15, -0.1) is 6.42 Å². The molecule has 0 radical (unpaired) electrons. The third-order valence-corrected chi connectivity index (χ3v) is 1.90. The van der Waals surface area contributed by atoms with Crippen molar-refractivity contribution < 1.29 is 0 Å². The highest BCUT2D eigenvalue weighted by Crippen LogP contribution is 2.08. The first-order valence-electron chi connectivity index (χ1n) is 4.12. The Balaban J connectivity index is 2.68. The molecule has 1 rings (SSSR count). The Hall–Kier alpha value is -1.31. The van der Waals surface area contributed by atoms with Gasteiger partial charge in [0.25, 0.3) is 0 Å². The molecule has 70 valence electrons. The quantitative estimate of drug-likeness (QED) is 0.619. The molecule has 4 heteroatoms. The highest BCUT2D eigenvalue weighted by atomic mass is 15.1. The third kappa shape index (κ3) is 2.31. The van der Waals surface area contributed by atoms with E-state index in [0.717, 1.165) is 5.69 Å². The van der Waals surface area contributed by atoms with Gasteiger partial charge in [0, 0.05) is 19.8 Å². The van der Waals surface area contributed by atoms with Crippen molar-refractivity contribution in [1.82, 2.24) is 14.9 Å². The normalized spacial score (nSPS) is 12.4. The fourth-order valence-electron chi connectivity index (χ4n) is 1.19. The number of nitrogens with two attached hydrogens (primary N) is 1. The van der Waals surface area contributed by atoms with Crippen LogP contribution in [-0.4, -0.2) is 22.6 Å². The Morgan fingerprint density at radius 3 is 3.08 bits per heavy atom. The predicted octanol–water partition coefficient (Wildman–Crippen LogP) is -0.357. The molecule has 0 aromatic carbocycles. The van der Waals surface area contributed by atoms with Gasteiger partial charge in [-0.25, -0.2) is 4.98 Å². The lowest BCUT2D eigenvalue weighted by Crippen LogP contribution is -2.29. The van der Waals surface area contributed by atoms with Gasteiger partial charge in [0.15, 0.2) is 0 Å². The van der Waals surface area contributed by atoms with E-state index in [4.69, 9.17) is 12.2 Å². The predicted molar refractivity (Wildman–Crippen MR) is 51.8 cm³/mol. The smallest absolute Gasteiger partial charge is 0.0946 e. The molecular formula is C9H14N4. The van der Waals surface area contributed by atoms with E-state index in [0.29, 0.717) is 13.1 Å². The molecule has 0 saturated carbocycles. The van der Waals surface area contributed by atoms with E-state index in [9.17, 15) is 0 Å². The van der Waals surface area contributed by atoms with Gasteiger partial charge in [0.2, 0.25) is 0 Å². The summed E-state index contributed by atoms with van der Waals surface area (Å²) in [6, 6.07) is 0.0866. The number of terminal acetylenes is 1. The van der Waals surface area contributed by atoms with Gasteiger partial charge in [-0.1, -0.05) is 5.92 Å². The fourth-order valence-corrected chi connectivity index (χ4v) is 1.19. The first-order chi connectivity index (χ1) is 6.29. The average Bonchev–Trinajstić information content (AvgIpc) is 2.54. The van der Waals surface area contributed by atoms with Crippen molar-refractivity contribution in [2.45, 2.75) is 6.04 Å². The first-order valence-corrected chi connectivity index (χ1v) is 4.12. The zero-order valence-corrected chi connectivity index (χ0v) is 7.70. The van der Waals surface area contributed by atoms with Crippen molar-refractivity contribution in [2.24, 2.45) is 12.8 Å². The van der Waals surface area contributed by atoms with Gasteiger partial charge in [0.1, 0.15) is 0 Å². The number of rotatable bonds is 4. The summed E-state index contributed by atoms with van der Waals surface area (Å²) in [5, 5.41) is 3.14. The van der Waals surface area contributed by atoms with Gasteiger partial charge in [-0.2, -0.15) is 0 Å². The molecule has 0 aliphatic carbocycles.